The number of unbranched alkanes of at least 4 members (excludes halogenated alkanes) is 12. The van der Waals surface area contributed by atoms with Crippen LogP contribution in [0, 0.1) is 0 Å². The first-order chi connectivity index (χ1) is 16.1. The van der Waals surface area contributed by atoms with E-state index in [-0.39, 0.29) is 24.4 Å². The summed E-state index contributed by atoms with van der Waals surface area (Å²) in [4.78, 5) is 23.8. The minimum Gasteiger partial charge on any atom is -0.356 e. The lowest BCUT2D eigenvalue weighted by Crippen LogP contribution is -2.40. The molecule has 0 aliphatic carbocycles. The standard InChI is InChI=1S/C26H47N5OS.ClH/c1-3-4-5-6-7-8-9-10-11-12-13-14-15-16-25(32)28-23-21-24(30-26(29-23)33-2)31-19-17-22(27)18-20-31;/h21-22H,3-20,27H2,1-2H3,(H,28,29,30,32);1H. The van der Waals surface area contributed by atoms with Crippen molar-refractivity contribution in [1.29, 1.82) is 0 Å². The summed E-state index contributed by atoms with van der Waals surface area (Å²) in [5.74, 6) is 1.55. The van der Waals surface area contributed by atoms with Crippen molar-refractivity contribution in [3.63, 3.8) is 0 Å². The lowest BCUT2D eigenvalue weighted by atomic mass is 10.0. The van der Waals surface area contributed by atoms with Gasteiger partial charge in [0.15, 0.2) is 5.16 Å². The summed E-state index contributed by atoms with van der Waals surface area (Å²) in [5, 5.41) is 3.69. The average Bonchev–Trinajstić information content (AvgIpc) is 2.82. The highest BCUT2D eigenvalue weighted by atomic mass is 35.5. The zero-order valence-corrected chi connectivity index (χ0v) is 23.2. The molecule has 0 saturated carbocycles. The Kier molecular flexibility index (Phi) is 17.5. The third-order valence-electron chi connectivity index (χ3n) is 6.51. The molecule has 1 amide bonds. The number of rotatable bonds is 17. The summed E-state index contributed by atoms with van der Waals surface area (Å²) >= 11 is 1.50. The number of nitrogens with two attached hydrogens (primary N) is 1. The molecule has 6 nitrogen and oxygen atoms in total. The van der Waals surface area contributed by atoms with Crippen molar-refractivity contribution in [3.05, 3.63) is 6.07 Å². The van der Waals surface area contributed by atoms with Gasteiger partial charge in [0.2, 0.25) is 5.91 Å². The molecule has 0 bridgehead atoms. The summed E-state index contributed by atoms with van der Waals surface area (Å²) in [6, 6.07) is 2.18. The molecule has 3 N–H and O–H groups in total. The van der Waals surface area contributed by atoms with E-state index in [0.717, 1.165) is 44.6 Å². The Labute approximate surface area is 218 Å². The van der Waals surface area contributed by atoms with Crippen LogP contribution in [0.4, 0.5) is 11.6 Å². The maximum atomic E-state index is 12.4. The fraction of sp³-hybridized carbons (Fsp3) is 0.808. The molecule has 1 saturated heterocycles. The highest BCUT2D eigenvalue weighted by Gasteiger charge is 2.19. The number of halogens is 1. The fourth-order valence-electron chi connectivity index (χ4n) is 4.37. The van der Waals surface area contributed by atoms with E-state index in [2.05, 4.69) is 27.1 Å². The van der Waals surface area contributed by atoms with Crippen LogP contribution in [0.25, 0.3) is 0 Å². The van der Waals surface area contributed by atoms with E-state index in [9.17, 15) is 4.79 Å². The molecule has 1 aromatic rings. The lowest BCUT2D eigenvalue weighted by molar-refractivity contribution is -0.116. The average molecular weight is 514 g/mol. The molecule has 0 radical (unpaired) electrons. The van der Waals surface area contributed by atoms with Crippen molar-refractivity contribution in [2.24, 2.45) is 5.73 Å². The zero-order chi connectivity index (χ0) is 23.7. The Morgan fingerprint density at radius 2 is 1.50 bits per heavy atom. The molecule has 8 heteroatoms. The molecule has 196 valence electrons. The molecule has 1 aromatic heterocycles. The van der Waals surface area contributed by atoms with Crippen molar-refractivity contribution in [3.8, 4) is 0 Å². The molecule has 2 heterocycles. The van der Waals surface area contributed by atoms with Gasteiger partial charge in [0.1, 0.15) is 11.6 Å². The zero-order valence-electron chi connectivity index (χ0n) is 21.5. The Bertz CT molecular complexity index is 671. The number of hydrogen-bond donors (Lipinski definition) is 2. The van der Waals surface area contributed by atoms with Gasteiger partial charge in [-0.3, -0.25) is 4.79 Å². The Hall–Kier alpha value is -1.05. The first-order valence-corrected chi connectivity index (χ1v) is 14.6. The molecule has 0 atom stereocenters. The second-order valence-corrected chi connectivity index (χ2v) is 10.2. The van der Waals surface area contributed by atoms with E-state index in [0.29, 0.717) is 17.4 Å². The number of thioether (sulfide) groups is 1. The second kappa shape index (κ2) is 19.2. The van der Waals surface area contributed by atoms with Crippen LogP contribution in [0.15, 0.2) is 11.2 Å². The van der Waals surface area contributed by atoms with Gasteiger partial charge < -0.3 is 16.0 Å². The summed E-state index contributed by atoms with van der Waals surface area (Å²) in [7, 11) is 0. The molecular formula is C26H48ClN5OS. The summed E-state index contributed by atoms with van der Waals surface area (Å²) in [6.07, 6.45) is 21.5. The highest BCUT2D eigenvalue weighted by Crippen LogP contribution is 2.23. The third kappa shape index (κ3) is 13.1. The number of aromatic nitrogens is 2. The van der Waals surface area contributed by atoms with Gasteiger partial charge in [-0.1, -0.05) is 95.7 Å². The third-order valence-corrected chi connectivity index (χ3v) is 7.06. The van der Waals surface area contributed by atoms with Crippen LogP contribution in [0.5, 0.6) is 0 Å². The molecule has 1 aliphatic heterocycles. The van der Waals surface area contributed by atoms with E-state index in [1.54, 1.807) is 0 Å². The van der Waals surface area contributed by atoms with Crippen LogP contribution >= 0.6 is 24.2 Å². The Morgan fingerprint density at radius 3 is 2.03 bits per heavy atom. The van der Waals surface area contributed by atoms with E-state index < -0.39 is 0 Å². The van der Waals surface area contributed by atoms with Crippen LogP contribution in [-0.2, 0) is 4.79 Å². The van der Waals surface area contributed by atoms with Crippen molar-refractivity contribution in [2.75, 3.05) is 29.6 Å². The van der Waals surface area contributed by atoms with E-state index >= 15 is 0 Å². The van der Waals surface area contributed by atoms with Crippen molar-refractivity contribution < 1.29 is 4.79 Å². The molecule has 0 unspecified atom stereocenters. The molecule has 0 spiro atoms. The number of carbonyl (C=O) groups is 1. The quantitative estimate of drug-likeness (QED) is 0.133. The van der Waals surface area contributed by atoms with Crippen molar-refractivity contribution in [1.82, 2.24) is 9.97 Å². The smallest absolute Gasteiger partial charge is 0.225 e. The van der Waals surface area contributed by atoms with Crippen molar-refractivity contribution >= 4 is 41.7 Å². The number of carbonyl (C=O) groups excluding carboxylic acids is 1. The normalized spacial score (nSPS) is 14.1. The van der Waals surface area contributed by atoms with Gasteiger partial charge in [0.05, 0.1) is 0 Å². The maximum absolute atomic E-state index is 12.4. The van der Waals surface area contributed by atoms with Crippen LogP contribution in [0.1, 0.15) is 110 Å². The summed E-state index contributed by atoms with van der Waals surface area (Å²) in [5.41, 5.74) is 6.03. The Balaban J connectivity index is 0.00000578. The number of nitrogens with zero attached hydrogens (tertiary/aromatic N) is 3. The molecule has 34 heavy (non-hydrogen) atoms. The van der Waals surface area contributed by atoms with E-state index in [1.807, 2.05) is 12.3 Å². The number of piperidine rings is 1. The predicted molar refractivity (Wildman–Crippen MR) is 149 cm³/mol. The Morgan fingerprint density at radius 1 is 0.971 bits per heavy atom. The van der Waals surface area contributed by atoms with Crippen LogP contribution < -0.4 is 16.0 Å². The van der Waals surface area contributed by atoms with Gasteiger partial charge in [-0.25, -0.2) is 9.97 Å². The molecule has 2 rings (SSSR count). The van der Waals surface area contributed by atoms with Gasteiger partial charge in [-0.15, -0.1) is 12.4 Å². The summed E-state index contributed by atoms with van der Waals surface area (Å²) < 4.78 is 0. The second-order valence-electron chi connectivity index (χ2n) is 9.46. The summed E-state index contributed by atoms with van der Waals surface area (Å²) in [6.45, 7) is 4.07. The fourth-order valence-corrected chi connectivity index (χ4v) is 4.74. The van der Waals surface area contributed by atoms with Gasteiger partial charge in [-0.2, -0.15) is 0 Å². The predicted octanol–water partition coefficient (Wildman–Crippen LogP) is 6.97. The molecule has 0 aromatic carbocycles. The van der Waals surface area contributed by atoms with Crippen LogP contribution in [-0.4, -0.2) is 41.3 Å². The minimum atomic E-state index is 0. The van der Waals surface area contributed by atoms with Gasteiger partial charge in [-0.05, 0) is 25.5 Å². The minimum absolute atomic E-state index is 0. The van der Waals surface area contributed by atoms with Gasteiger partial charge in [0.25, 0.3) is 0 Å². The van der Waals surface area contributed by atoms with Crippen molar-refractivity contribution in [2.45, 2.75) is 121 Å². The number of anilines is 2. The van der Waals surface area contributed by atoms with Crippen LogP contribution in [0.3, 0.4) is 0 Å². The first-order valence-electron chi connectivity index (χ1n) is 13.4. The SMILES string of the molecule is CCCCCCCCCCCCCCCC(=O)Nc1cc(N2CCC(N)CC2)nc(SC)n1.Cl. The maximum Gasteiger partial charge on any atom is 0.225 e. The van der Waals surface area contributed by atoms with Gasteiger partial charge in [0, 0.05) is 31.6 Å². The topological polar surface area (TPSA) is 84.1 Å². The lowest BCUT2D eigenvalue weighted by Gasteiger charge is -2.31. The number of nitrogens with one attached hydrogen (secondary N) is 1. The molecule has 1 aliphatic rings. The first kappa shape index (κ1) is 31.0. The molecule has 1 fully saturated rings. The van der Waals surface area contributed by atoms with Gasteiger partial charge >= 0.3 is 0 Å². The monoisotopic (exact) mass is 513 g/mol. The van der Waals surface area contributed by atoms with E-state index in [4.69, 9.17) is 5.73 Å². The van der Waals surface area contributed by atoms with E-state index in [1.165, 1.54) is 82.4 Å². The number of hydrogen-bond acceptors (Lipinski definition) is 6. The largest absolute Gasteiger partial charge is 0.356 e. The number of amides is 1. The molecular weight excluding hydrogens is 466 g/mol. The van der Waals surface area contributed by atoms with Crippen LogP contribution in [0.2, 0.25) is 0 Å². The highest BCUT2D eigenvalue weighted by molar-refractivity contribution is 7.98.